The Balaban J connectivity index is 1.86. The maximum absolute atomic E-state index is 10.9. The SMILES string of the molecule is C[C@H]1CN(C)CC[C@@H]1N1CCC(C(=O)O)CC1. The van der Waals surface area contributed by atoms with E-state index in [-0.39, 0.29) is 5.92 Å². The third-order valence-corrected chi connectivity index (χ3v) is 4.41. The molecule has 1 N–H and O–H groups in total. The van der Waals surface area contributed by atoms with Crippen molar-refractivity contribution < 1.29 is 9.90 Å². The summed E-state index contributed by atoms with van der Waals surface area (Å²) in [5.41, 5.74) is 0. The minimum atomic E-state index is -0.610. The van der Waals surface area contributed by atoms with Gasteiger partial charge in [-0.3, -0.25) is 9.69 Å². The molecule has 0 radical (unpaired) electrons. The quantitative estimate of drug-likeness (QED) is 0.785. The number of piperidine rings is 2. The van der Waals surface area contributed by atoms with Crippen molar-refractivity contribution in [3.05, 3.63) is 0 Å². The summed E-state index contributed by atoms with van der Waals surface area (Å²) in [6.45, 7) is 6.60. The van der Waals surface area contributed by atoms with E-state index in [0.29, 0.717) is 12.0 Å². The van der Waals surface area contributed by atoms with E-state index in [4.69, 9.17) is 5.11 Å². The molecule has 0 aromatic rings. The third-order valence-electron chi connectivity index (χ3n) is 4.41. The molecule has 0 unspecified atom stereocenters. The van der Waals surface area contributed by atoms with Crippen LogP contribution in [-0.4, -0.2) is 60.1 Å². The number of nitrogens with zero attached hydrogens (tertiary/aromatic N) is 2. The summed E-state index contributed by atoms with van der Waals surface area (Å²) >= 11 is 0. The standard InChI is InChI=1S/C13H24N2O2/c1-10-9-14(2)6-5-12(10)15-7-3-11(4-8-15)13(16)17/h10-12H,3-9H2,1-2H3,(H,16,17)/t10-,12-/m0/s1. The van der Waals surface area contributed by atoms with Crippen LogP contribution >= 0.6 is 0 Å². The summed E-state index contributed by atoms with van der Waals surface area (Å²) in [5, 5.41) is 9.00. The molecule has 0 amide bonds. The Bertz CT molecular complexity index is 275. The highest BCUT2D eigenvalue weighted by Crippen LogP contribution is 2.26. The molecule has 2 fully saturated rings. The summed E-state index contributed by atoms with van der Waals surface area (Å²) in [5.74, 6) is -0.0102. The summed E-state index contributed by atoms with van der Waals surface area (Å²) in [4.78, 5) is 15.8. The van der Waals surface area contributed by atoms with Gasteiger partial charge in [-0.1, -0.05) is 6.92 Å². The molecule has 0 spiro atoms. The lowest BCUT2D eigenvalue weighted by Gasteiger charge is -2.44. The molecule has 2 atom stereocenters. The highest BCUT2D eigenvalue weighted by atomic mass is 16.4. The smallest absolute Gasteiger partial charge is 0.306 e. The Morgan fingerprint density at radius 3 is 2.35 bits per heavy atom. The second-order valence-electron chi connectivity index (χ2n) is 5.74. The molecule has 2 aliphatic rings. The Morgan fingerprint density at radius 1 is 1.18 bits per heavy atom. The van der Waals surface area contributed by atoms with Crippen LogP contribution in [0.5, 0.6) is 0 Å². The molecule has 2 aliphatic heterocycles. The third kappa shape index (κ3) is 2.99. The van der Waals surface area contributed by atoms with Gasteiger partial charge in [-0.25, -0.2) is 0 Å². The van der Waals surface area contributed by atoms with E-state index in [9.17, 15) is 4.79 Å². The normalized spacial score (nSPS) is 33.8. The first-order valence-corrected chi connectivity index (χ1v) is 6.73. The first-order valence-electron chi connectivity index (χ1n) is 6.73. The number of hydrogen-bond acceptors (Lipinski definition) is 3. The first-order chi connectivity index (χ1) is 8.08. The first kappa shape index (κ1) is 12.8. The zero-order valence-electron chi connectivity index (χ0n) is 10.9. The van der Waals surface area contributed by atoms with Gasteiger partial charge in [0.1, 0.15) is 0 Å². The zero-order valence-corrected chi connectivity index (χ0v) is 10.9. The van der Waals surface area contributed by atoms with Crippen LogP contribution in [0.3, 0.4) is 0 Å². The number of aliphatic carboxylic acids is 1. The lowest BCUT2D eigenvalue weighted by Crippen LogP contribution is -2.51. The van der Waals surface area contributed by atoms with Crippen molar-refractivity contribution in [2.75, 3.05) is 33.2 Å². The number of carboxylic acid groups (broad SMARTS) is 1. The van der Waals surface area contributed by atoms with Crippen molar-refractivity contribution in [1.29, 1.82) is 0 Å². The summed E-state index contributed by atoms with van der Waals surface area (Å²) < 4.78 is 0. The van der Waals surface area contributed by atoms with Gasteiger partial charge in [0.05, 0.1) is 5.92 Å². The average Bonchev–Trinajstić information content (AvgIpc) is 2.29. The van der Waals surface area contributed by atoms with Gasteiger partial charge in [-0.05, 0) is 51.9 Å². The molecular formula is C13H24N2O2. The Kier molecular flexibility index (Phi) is 4.05. The van der Waals surface area contributed by atoms with Gasteiger partial charge >= 0.3 is 5.97 Å². The van der Waals surface area contributed by atoms with Crippen molar-refractivity contribution in [2.24, 2.45) is 11.8 Å². The van der Waals surface area contributed by atoms with Crippen LogP contribution in [-0.2, 0) is 4.79 Å². The van der Waals surface area contributed by atoms with Gasteiger partial charge in [0.25, 0.3) is 0 Å². The monoisotopic (exact) mass is 240 g/mol. The van der Waals surface area contributed by atoms with E-state index < -0.39 is 5.97 Å². The molecule has 98 valence electrons. The van der Waals surface area contributed by atoms with Crippen molar-refractivity contribution in [3.8, 4) is 0 Å². The lowest BCUT2D eigenvalue weighted by atomic mass is 9.89. The number of rotatable bonds is 2. The predicted molar refractivity (Wildman–Crippen MR) is 67.0 cm³/mol. The minimum Gasteiger partial charge on any atom is -0.481 e. The highest BCUT2D eigenvalue weighted by Gasteiger charge is 2.33. The van der Waals surface area contributed by atoms with Crippen LogP contribution in [0.2, 0.25) is 0 Å². The Morgan fingerprint density at radius 2 is 1.82 bits per heavy atom. The van der Waals surface area contributed by atoms with Crippen molar-refractivity contribution in [3.63, 3.8) is 0 Å². The van der Waals surface area contributed by atoms with E-state index >= 15 is 0 Å². The zero-order chi connectivity index (χ0) is 12.4. The van der Waals surface area contributed by atoms with E-state index in [1.54, 1.807) is 0 Å². The molecule has 0 bridgehead atoms. The van der Waals surface area contributed by atoms with E-state index in [0.717, 1.165) is 25.9 Å². The predicted octanol–water partition coefficient (Wildman–Crippen LogP) is 1.12. The van der Waals surface area contributed by atoms with Gasteiger partial charge in [-0.15, -0.1) is 0 Å². The van der Waals surface area contributed by atoms with Crippen LogP contribution in [0.4, 0.5) is 0 Å². The molecule has 0 aromatic carbocycles. The average molecular weight is 240 g/mol. The number of likely N-dealkylation sites (tertiary alicyclic amines) is 2. The second kappa shape index (κ2) is 5.36. The highest BCUT2D eigenvalue weighted by molar-refractivity contribution is 5.70. The molecule has 4 heteroatoms. The van der Waals surface area contributed by atoms with Crippen LogP contribution in [0.15, 0.2) is 0 Å². The van der Waals surface area contributed by atoms with Gasteiger partial charge in [0.2, 0.25) is 0 Å². The summed E-state index contributed by atoms with van der Waals surface area (Å²) in [7, 11) is 2.18. The van der Waals surface area contributed by atoms with Gasteiger partial charge in [-0.2, -0.15) is 0 Å². The second-order valence-corrected chi connectivity index (χ2v) is 5.74. The van der Waals surface area contributed by atoms with Crippen LogP contribution in [0.25, 0.3) is 0 Å². The summed E-state index contributed by atoms with van der Waals surface area (Å²) in [6.07, 6.45) is 2.89. The molecule has 0 aromatic heterocycles. The Hall–Kier alpha value is -0.610. The Labute approximate surface area is 104 Å². The maximum Gasteiger partial charge on any atom is 0.306 e. The topological polar surface area (TPSA) is 43.8 Å². The fourth-order valence-electron chi connectivity index (χ4n) is 3.36. The van der Waals surface area contributed by atoms with Crippen molar-refractivity contribution >= 4 is 5.97 Å². The molecule has 2 saturated heterocycles. The van der Waals surface area contributed by atoms with E-state index in [2.05, 4.69) is 23.8 Å². The minimum absolute atomic E-state index is 0.104. The van der Waals surface area contributed by atoms with Gasteiger partial charge < -0.3 is 10.0 Å². The number of carboxylic acids is 1. The van der Waals surface area contributed by atoms with E-state index in [1.807, 2.05) is 0 Å². The molecular weight excluding hydrogens is 216 g/mol. The van der Waals surface area contributed by atoms with Crippen LogP contribution in [0, 0.1) is 11.8 Å². The lowest BCUT2D eigenvalue weighted by molar-refractivity contribution is -0.143. The molecule has 4 nitrogen and oxygen atoms in total. The largest absolute Gasteiger partial charge is 0.481 e. The van der Waals surface area contributed by atoms with Crippen molar-refractivity contribution in [1.82, 2.24) is 9.80 Å². The van der Waals surface area contributed by atoms with Gasteiger partial charge in [0.15, 0.2) is 0 Å². The molecule has 0 aliphatic carbocycles. The number of hydrogen-bond donors (Lipinski definition) is 1. The van der Waals surface area contributed by atoms with Crippen molar-refractivity contribution in [2.45, 2.75) is 32.2 Å². The fourth-order valence-corrected chi connectivity index (χ4v) is 3.36. The van der Waals surface area contributed by atoms with Gasteiger partial charge in [0, 0.05) is 12.6 Å². The maximum atomic E-state index is 10.9. The van der Waals surface area contributed by atoms with Crippen LogP contribution in [0.1, 0.15) is 26.2 Å². The molecule has 2 rings (SSSR count). The fraction of sp³-hybridized carbons (Fsp3) is 0.923. The summed E-state index contributed by atoms with van der Waals surface area (Å²) in [6, 6.07) is 0.668. The molecule has 2 heterocycles. The molecule has 17 heavy (non-hydrogen) atoms. The van der Waals surface area contributed by atoms with Crippen LogP contribution < -0.4 is 0 Å². The molecule has 0 saturated carbocycles. The number of carbonyl (C=O) groups is 1. The van der Waals surface area contributed by atoms with E-state index in [1.165, 1.54) is 19.5 Å².